The molecule has 0 saturated carbocycles. The third-order valence-corrected chi connectivity index (χ3v) is 5.05. The van der Waals surface area contributed by atoms with Crippen molar-refractivity contribution < 1.29 is 14.1 Å². The van der Waals surface area contributed by atoms with Gasteiger partial charge in [-0.25, -0.2) is 0 Å². The van der Waals surface area contributed by atoms with E-state index in [9.17, 15) is 4.79 Å². The lowest BCUT2D eigenvalue weighted by Crippen LogP contribution is -2.37. The summed E-state index contributed by atoms with van der Waals surface area (Å²) in [5.74, 6) is 1.81. The van der Waals surface area contributed by atoms with Gasteiger partial charge in [-0.05, 0) is 49.4 Å². The number of likely N-dealkylation sites (N-methyl/N-ethyl adjacent to an activating group) is 1. The van der Waals surface area contributed by atoms with Crippen LogP contribution in [0.15, 0.2) is 47.0 Å². The van der Waals surface area contributed by atoms with Crippen LogP contribution in [0.4, 0.5) is 0 Å². The summed E-state index contributed by atoms with van der Waals surface area (Å²) >= 11 is 0. The van der Waals surface area contributed by atoms with E-state index in [2.05, 4.69) is 36.1 Å². The maximum absolute atomic E-state index is 12.9. The van der Waals surface area contributed by atoms with E-state index >= 15 is 0 Å². The van der Waals surface area contributed by atoms with E-state index in [1.807, 2.05) is 44.2 Å². The van der Waals surface area contributed by atoms with E-state index in [1.54, 1.807) is 18.9 Å². The van der Waals surface area contributed by atoms with Crippen LogP contribution in [0.1, 0.15) is 49.3 Å². The first-order chi connectivity index (χ1) is 14.3. The van der Waals surface area contributed by atoms with Gasteiger partial charge in [-0.3, -0.25) is 4.79 Å². The van der Waals surface area contributed by atoms with Crippen molar-refractivity contribution >= 4 is 5.91 Å². The van der Waals surface area contributed by atoms with Crippen molar-refractivity contribution in [2.24, 2.45) is 0 Å². The maximum Gasteiger partial charge on any atom is 0.263 e. The minimum absolute atomic E-state index is 0.151. The highest BCUT2D eigenvalue weighted by atomic mass is 16.5. The molecule has 0 bridgehead atoms. The first-order valence-electron chi connectivity index (χ1n) is 10.2. The molecular formula is C24H29N3O3. The predicted octanol–water partition coefficient (Wildman–Crippen LogP) is 4.90. The Bertz CT molecular complexity index is 1030. The summed E-state index contributed by atoms with van der Waals surface area (Å²) in [5.41, 5.74) is 4.16. The smallest absolute Gasteiger partial charge is 0.263 e. The lowest BCUT2D eigenvalue weighted by molar-refractivity contribution is -0.137. The molecular weight excluding hydrogens is 378 g/mol. The summed E-state index contributed by atoms with van der Waals surface area (Å²) in [6.07, 6.45) is -0.631. The van der Waals surface area contributed by atoms with E-state index in [4.69, 9.17) is 9.26 Å². The van der Waals surface area contributed by atoms with Crippen molar-refractivity contribution in [2.75, 3.05) is 7.05 Å². The van der Waals surface area contributed by atoms with Gasteiger partial charge in [-0.2, -0.15) is 4.98 Å². The average molecular weight is 408 g/mol. The standard InChI is InChI=1S/C24H29N3O3/c1-15(2)19-12-11-16(3)13-21(19)29-18(5)24(28)27(6)14-22-25-23(26-30-22)20-10-8-7-9-17(20)4/h7-13,15,18H,14H2,1-6H3. The summed E-state index contributed by atoms with van der Waals surface area (Å²) in [5, 5.41) is 4.06. The summed E-state index contributed by atoms with van der Waals surface area (Å²) in [6, 6.07) is 13.9. The quantitative estimate of drug-likeness (QED) is 0.557. The average Bonchev–Trinajstić information content (AvgIpc) is 3.15. The molecule has 3 rings (SSSR count). The second-order valence-corrected chi connectivity index (χ2v) is 7.98. The highest BCUT2D eigenvalue weighted by Crippen LogP contribution is 2.28. The number of hydrogen-bond donors (Lipinski definition) is 0. The van der Waals surface area contributed by atoms with Crippen molar-refractivity contribution in [3.63, 3.8) is 0 Å². The number of carbonyl (C=O) groups excluding carboxylic acids is 1. The van der Waals surface area contributed by atoms with Gasteiger partial charge in [0.15, 0.2) is 6.10 Å². The van der Waals surface area contributed by atoms with E-state index in [0.717, 1.165) is 28.0 Å². The summed E-state index contributed by atoms with van der Waals surface area (Å²) in [4.78, 5) is 18.8. The monoisotopic (exact) mass is 407 g/mol. The number of carbonyl (C=O) groups is 1. The van der Waals surface area contributed by atoms with Gasteiger partial charge in [0.05, 0.1) is 6.54 Å². The van der Waals surface area contributed by atoms with Crippen molar-refractivity contribution in [1.29, 1.82) is 0 Å². The molecule has 6 nitrogen and oxygen atoms in total. The van der Waals surface area contributed by atoms with Crippen molar-refractivity contribution in [3.8, 4) is 17.1 Å². The molecule has 0 fully saturated rings. The van der Waals surface area contributed by atoms with Crippen molar-refractivity contribution in [3.05, 3.63) is 65.0 Å². The summed E-state index contributed by atoms with van der Waals surface area (Å²) in [6.45, 7) is 10.2. The number of rotatable bonds is 7. The minimum atomic E-state index is -0.631. The van der Waals surface area contributed by atoms with Gasteiger partial charge >= 0.3 is 0 Å². The molecule has 2 aromatic carbocycles. The maximum atomic E-state index is 12.9. The molecule has 0 radical (unpaired) electrons. The first kappa shape index (κ1) is 21.6. The number of amides is 1. The summed E-state index contributed by atoms with van der Waals surface area (Å²) < 4.78 is 11.4. The van der Waals surface area contributed by atoms with Gasteiger partial charge in [0.1, 0.15) is 5.75 Å². The zero-order valence-electron chi connectivity index (χ0n) is 18.5. The van der Waals surface area contributed by atoms with Crippen molar-refractivity contribution in [1.82, 2.24) is 15.0 Å². The Kier molecular flexibility index (Phi) is 6.55. The van der Waals surface area contributed by atoms with Gasteiger partial charge < -0.3 is 14.2 Å². The van der Waals surface area contributed by atoms with Gasteiger partial charge in [0.25, 0.3) is 5.91 Å². The Morgan fingerprint density at radius 2 is 1.87 bits per heavy atom. The van der Waals surface area contributed by atoms with Gasteiger partial charge in [-0.1, -0.05) is 55.4 Å². The molecule has 0 aliphatic rings. The molecule has 1 unspecified atom stereocenters. The van der Waals surface area contributed by atoms with Crippen molar-refractivity contribution in [2.45, 2.75) is 53.2 Å². The van der Waals surface area contributed by atoms with Gasteiger partial charge in [0.2, 0.25) is 11.7 Å². The Morgan fingerprint density at radius 3 is 2.57 bits per heavy atom. The van der Waals surface area contributed by atoms with Crippen LogP contribution in [-0.4, -0.2) is 34.1 Å². The highest BCUT2D eigenvalue weighted by molar-refractivity contribution is 5.80. The largest absolute Gasteiger partial charge is 0.481 e. The number of aromatic nitrogens is 2. The lowest BCUT2D eigenvalue weighted by atomic mass is 10.0. The number of benzene rings is 2. The molecule has 158 valence electrons. The lowest BCUT2D eigenvalue weighted by Gasteiger charge is -2.23. The molecule has 0 aliphatic heterocycles. The second-order valence-electron chi connectivity index (χ2n) is 7.98. The molecule has 1 heterocycles. The molecule has 3 aromatic rings. The third-order valence-electron chi connectivity index (χ3n) is 5.05. The highest BCUT2D eigenvalue weighted by Gasteiger charge is 2.23. The minimum Gasteiger partial charge on any atom is -0.481 e. The third kappa shape index (κ3) is 4.87. The van der Waals surface area contributed by atoms with Crippen LogP contribution < -0.4 is 4.74 Å². The van der Waals surface area contributed by atoms with Gasteiger partial charge in [-0.15, -0.1) is 0 Å². The van der Waals surface area contributed by atoms with E-state index in [0.29, 0.717) is 17.6 Å². The zero-order chi connectivity index (χ0) is 21.8. The predicted molar refractivity (Wildman–Crippen MR) is 116 cm³/mol. The number of aryl methyl sites for hydroxylation is 2. The van der Waals surface area contributed by atoms with Crippen LogP contribution in [-0.2, 0) is 11.3 Å². The normalized spacial score (nSPS) is 12.1. The van der Waals surface area contributed by atoms with E-state index in [1.165, 1.54) is 0 Å². The molecule has 0 spiro atoms. The molecule has 0 N–H and O–H groups in total. The van der Waals surface area contributed by atoms with E-state index in [-0.39, 0.29) is 12.5 Å². The van der Waals surface area contributed by atoms with Crippen LogP contribution in [0, 0.1) is 13.8 Å². The Hall–Kier alpha value is -3.15. The van der Waals surface area contributed by atoms with Crippen LogP contribution in [0.5, 0.6) is 5.75 Å². The molecule has 1 atom stereocenters. The fourth-order valence-corrected chi connectivity index (χ4v) is 3.30. The number of nitrogens with zero attached hydrogens (tertiary/aromatic N) is 3. The number of ether oxygens (including phenoxy) is 1. The Labute approximate surface area is 177 Å². The summed E-state index contributed by atoms with van der Waals surface area (Å²) in [7, 11) is 1.71. The molecule has 1 aromatic heterocycles. The second kappa shape index (κ2) is 9.11. The Morgan fingerprint density at radius 1 is 1.13 bits per heavy atom. The first-order valence-corrected chi connectivity index (χ1v) is 10.2. The molecule has 0 saturated heterocycles. The zero-order valence-corrected chi connectivity index (χ0v) is 18.5. The fourth-order valence-electron chi connectivity index (χ4n) is 3.30. The fraction of sp³-hybridized carbons (Fsp3) is 0.375. The van der Waals surface area contributed by atoms with Gasteiger partial charge in [0, 0.05) is 12.6 Å². The molecule has 0 aliphatic carbocycles. The number of hydrogen-bond acceptors (Lipinski definition) is 5. The van der Waals surface area contributed by atoms with Crippen LogP contribution in [0.25, 0.3) is 11.4 Å². The topological polar surface area (TPSA) is 68.5 Å². The van der Waals surface area contributed by atoms with Crippen LogP contribution in [0.3, 0.4) is 0 Å². The Balaban J connectivity index is 1.68. The SMILES string of the molecule is Cc1ccc(C(C)C)c(OC(C)C(=O)N(C)Cc2nc(-c3ccccc3C)no2)c1. The molecule has 1 amide bonds. The molecule has 30 heavy (non-hydrogen) atoms. The molecule has 6 heteroatoms. The van der Waals surface area contributed by atoms with Crippen LogP contribution in [0.2, 0.25) is 0 Å². The van der Waals surface area contributed by atoms with E-state index < -0.39 is 6.10 Å². The van der Waals surface area contributed by atoms with Crippen LogP contribution >= 0.6 is 0 Å².